The summed E-state index contributed by atoms with van der Waals surface area (Å²) < 4.78 is 0. The topological polar surface area (TPSA) is 50.8 Å². The van der Waals surface area contributed by atoms with Crippen molar-refractivity contribution in [1.29, 1.82) is 10.5 Å². The average molecular weight is 620 g/mol. The maximum atomic E-state index is 10.0. The van der Waals surface area contributed by atoms with Gasteiger partial charge in [-0.15, -0.1) is 0 Å². The molecule has 0 aromatic heterocycles. The maximum Gasteiger partial charge on any atom is 0.109 e. The lowest BCUT2D eigenvalue weighted by Crippen LogP contribution is -2.36. The lowest BCUT2D eigenvalue weighted by Gasteiger charge is -2.46. The predicted octanol–water partition coefficient (Wildman–Crippen LogP) is 10.2. The summed E-state index contributed by atoms with van der Waals surface area (Å²) in [7, 11) is 0. The van der Waals surface area contributed by atoms with Crippen molar-refractivity contribution in [2.24, 2.45) is 0 Å². The van der Waals surface area contributed by atoms with Gasteiger partial charge in [0.2, 0.25) is 0 Å². The van der Waals surface area contributed by atoms with E-state index in [0.29, 0.717) is 29.0 Å². The van der Waals surface area contributed by atoms with Crippen molar-refractivity contribution in [3.8, 4) is 23.3 Å². The summed E-state index contributed by atoms with van der Waals surface area (Å²) in [5.41, 5.74) is 23.6. The van der Waals surface area contributed by atoms with E-state index in [2.05, 4.69) is 127 Å². The van der Waals surface area contributed by atoms with Crippen molar-refractivity contribution < 1.29 is 0 Å². The number of halogens is 1. The van der Waals surface area contributed by atoms with Gasteiger partial charge < -0.3 is 4.90 Å². The zero-order valence-electron chi connectivity index (χ0n) is 25.9. The highest BCUT2D eigenvalue weighted by Crippen LogP contribution is 2.64. The number of hydrogen-bond acceptors (Lipinski definition) is 3. The molecule has 3 aliphatic carbocycles. The first kappa shape index (κ1) is 27.5. The smallest absolute Gasteiger partial charge is 0.109 e. The van der Waals surface area contributed by atoms with Crippen molar-refractivity contribution in [3.05, 3.63) is 180 Å². The minimum atomic E-state index is -0.568. The fraction of sp³-hybridized carbons (Fsp3) is 0.116. The number of hydrogen-bond donors (Lipinski definition) is 0. The molecule has 0 bridgehead atoms. The summed E-state index contributed by atoms with van der Waals surface area (Å²) in [6.07, 6.45) is 1.11. The first-order chi connectivity index (χ1) is 22.9. The fourth-order valence-corrected chi connectivity index (χ4v) is 8.41. The van der Waals surface area contributed by atoms with Crippen LogP contribution in [-0.4, -0.2) is 0 Å². The Balaban J connectivity index is 1.41. The zero-order valence-corrected chi connectivity index (χ0v) is 26.6. The Morgan fingerprint density at radius 3 is 1.96 bits per heavy atom. The minimum Gasteiger partial charge on any atom is -0.310 e. The van der Waals surface area contributed by atoms with E-state index in [1.54, 1.807) is 0 Å². The molecule has 0 amide bonds. The van der Waals surface area contributed by atoms with E-state index in [9.17, 15) is 10.5 Å². The molecule has 4 heteroatoms. The summed E-state index contributed by atoms with van der Waals surface area (Å²) in [5, 5.41) is 20.7. The second kappa shape index (κ2) is 9.85. The van der Waals surface area contributed by atoms with Gasteiger partial charge in [-0.3, -0.25) is 0 Å². The quantitative estimate of drug-likeness (QED) is 0.172. The van der Waals surface area contributed by atoms with Gasteiger partial charge in [0.15, 0.2) is 0 Å². The Labute approximate surface area is 278 Å². The summed E-state index contributed by atoms with van der Waals surface area (Å²) in [6, 6.07) is 39.8. The number of nitrogens with zero attached hydrogens (tertiary/aromatic N) is 3. The van der Waals surface area contributed by atoms with E-state index >= 15 is 0 Å². The van der Waals surface area contributed by atoms with Crippen LogP contribution in [0.4, 0.5) is 17.1 Å². The lowest BCUT2D eigenvalue weighted by atomic mass is 9.63. The highest BCUT2D eigenvalue weighted by atomic mass is 35.5. The summed E-state index contributed by atoms with van der Waals surface area (Å²) in [6.45, 7) is 4.40. The number of benzene rings is 5. The average Bonchev–Trinajstić information content (AvgIpc) is 3.37. The number of allylic oxidation sites excluding steroid dienone is 4. The molecule has 47 heavy (non-hydrogen) atoms. The zero-order chi connectivity index (χ0) is 32.0. The van der Waals surface area contributed by atoms with Gasteiger partial charge in [0.1, 0.15) is 23.3 Å². The van der Waals surface area contributed by atoms with Crippen LogP contribution >= 0.6 is 11.6 Å². The van der Waals surface area contributed by atoms with Crippen molar-refractivity contribution in [2.45, 2.75) is 32.1 Å². The monoisotopic (exact) mass is 619 g/mol. The fourth-order valence-electron chi connectivity index (χ4n) is 8.28. The number of aryl methyl sites for hydroxylation is 2. The first-order valence-corrected chi connectivity index (χ1v) is 16.1. The standard InChI is InChI=1S/C43H26ClN3/c1-25-17-36-33-7-3-4-8-37(33)43(39(36)18-26(25)2)38-9-5-6-10-41(38)47(32-15-13-31(44)14-16-32)42-22-30-20-35-28(24-46)12-11-27(23-45)34(35)19-29(30)21-40(42)43/h3-10,13-18,21-22H,19-20H2,1-2H3. The van der Waals surface area contributed by atoms with E-state index in [-0.39, 0.29) is 0 Å². The van der Waals surface area contributed by atoms with E-state index in [1.165, 1.54) is 50.1 Å². The molecule has 1 spiro atoms. The SMILES string of the molecule is Cc1cc2c(cc1C)C1(c3ccccc3-2)c2ccccc2N(c2ccc(Cl)cc2)c2cc3c(cc21)CC1=C(C3)C(C#N)=C=C=C1C#N. The van der Waals surface area contributed by atoms with Crippen molar-refractivity contribution in [2.75, 3.05) is 4.90 Å². The molecule has 1 aliphatic heterocycles. The minimum absolute atomic E-state index is 0.461. The third-order valence-electron chi connectivity index (χ3n) is 10.5. The Morgan fingerprint density at radius 2 is 1.26 bits per heavy atom. The van der Waals surface area contributed by atoms with Crippen molar-refractivity contribution in [1.82, 2.24) is 0 Å². The normalized spacial score (nSPS) is 17.8. The molecule has 5 aromatic rings. The Bertz CT molecular complexity index is 2490. The van der Waals surface area contributed by atoms with Crippen LogP contribution < -0.4 is 4.90 Å². The molecule has 1 unspecified atom stereocenters. The van der Waals surface area contributed by atoms with Crippen molar-refractivity contribution >= 4 is 28.7 Å². The second-order valence-electron chi connectivity index (χ2n) is 12.8. The van der Waals surface area contributed by atoms with E-state index in [0.717, 1.165) is 33.8 Å². The molecule has 4 aliphatic rings. The van der Waals surface area contributed by atoms with Gasteiger partial charge in [-0.25, -0.2) is 0 Å². The highest BCUT2D eigenvalue weighted by Gasteiger charge is 2.52. The maximum absolute atomic E-state index is 10.0. The van der Waals surface area contributed by atoms with Gasteiger partial charge in [0.25, 0.3) is 0 Å². The van der Waals surface area contributed by atoms with E-state index in [1.807, 2.05) is 12.1 Å². The molecule has 0 saturated heterocycles. The van der Waals surface area contributed by atoms with Crippen LogP contribution in [0.15, 0.2) is 131 Å². The second-order valence-corrected chi connectivity index (χ2v) is 13.2. The van der Waals surface area contributed by atoms with Crippen LogP contribution in [0.25, 0.3) is 11.1 Å². The number of rotatable bonds is 1. The van der Waals surface area contributed by atoms with Gasteiger partial charge in [-0.05, 0) is 128 Å². The summed E-state index contributed by atoms with van der Waals surface area (Å²) >= 11 is 6.41. The molecule has 9 rings (SSSR count). The van der Waals surface area contributed by atoms with Crippen LogP contribution in [0.5, 0.6) is 0 Å². The van der Waals surface area contributed by atoms with E-state index < -0.39 is 5.41 Å². The molecule has 0 saturated carbocycles. The van der Waals surface area contributed by atoms with Gasteiger partial charge in [0.05, 0.1) is 16.8 Å². The van der Waals surface area contributed by atoms with Gasteiger partial charge in [-0.1, -0.05) is 72.3 Å². The molecule has 5 aromatic carbocycles. The number of para-hydroxylation sites is 1. The van der Waals surface area contributed by atoms with Gasteiger partial charge >= 0.3 is 0 Å². The Kier molecular flexibility index (Phi) is 5.77. The summed E-state index contributed by atoms with van der Waals surface area (Å²) in [5.74, 6) is 0. The molecule has 0 N–H and O–H groups in total. The molecule has 0 radical (unpaired) electrons. The van der Waals surface area contributed by atoms with Gasteiger partial charge in [0, 0.05) is 23.6 Å². The predicted molar refractivity (Wildman–Crippen MR) is 186 cm³/mol. The lowest BCUT2D eigenvalue weighted by molar-refractivity contribution is 0.747. The largest absolute Gasteiger partial charge is 0.310 e. The molecule has 1 atom stereocenters. The van der Waals surface area contributed by atoms with E-state index in [4.69, 9.17) is 11.6 Å². The van der Waals surface area contributed by atoms with Crippen LogP contribution in [0.1, 0.15) is 44.5 Å². The van der Waals surface area contributed by atoms with Gasteiger partial charge in [-0.2, -0.15) is 10.5 Å². The Hall–Kier alpha value is -5.79. The molecule has 220 valence electrons. The molecular formula is C43H26ClN3. The number of nitriles is 2. The van der Waals surface area contributed by atoms with Crippen LogP contribution in [0, 0.1) is 36.5 Å². The van der Waals surface area contributed by atoms with Crippen LogP contribution in [0.3, 0.4) is 0 Å². The third kappa shape index (κ3) is 3.63. The molecule has 1 heterocycles. The molecule has 3 nitrogen and oxygen atoms in total. The van der Waals surface area contributed by atoms with Crippen molar-refractivity contribution in [3.63, 3.8) is 0 Å². The Morgan fingerprint density at radius 1 is 0.638 bits per heavy atom. The van der Waals surface area contributed by atoms with Crippen LogP contribution in [0.2, 0.25) is 5.02 Å². The first-order valence-electron chi connectivity index (χ1n) is 15.8. The highest BCUT2D eigenvalue weighted by molar-refractivity contribution is 6.30. The van der Waals surface area contributed by atoms with Crippen LogP contribution in [-0.2, 0) is 18.3 Å². The molecule has 0 fully saturated rings. The third-order valence-corrected chi connectivity index (χ3v) is 10.7. The number of anilines is 3. The number of fused-ring (bicyclic) bond motifs is 10. The summed E-state index contributed by atoms with van der Waals surface area (Å²) in [4.78, 5) is 2.36. The molecular weight excluding hydrogens is 594 g/mol.